The van der Waals surface area contributed by atoms with E-state index < -0.39 is 6.03 Å². The molecule has 0 spiro atoms. The number of nitrogens with zero attached hydrogens (tertiary/aromatic N) is 1. The summed E-state index contributed by atoms with van der Waals surface area (Å²) in [4.78, 5) is 10.3. The molecular formula is C8H11N3O. The van der Waals surface area contributed by atoms with Crippen molar-refractivity contribution in [3.05, 3.63) is 12.2 Å². The summed E-state index contributed by atoms with van der Waals surface area (Å²) >= 11 is 0. The molecule has 2 rings (SSSR count). The zero-order chi connectivity index (χ0) is 8.55. The fourth-order valence-electron chi connectivity index (χ4n) is 1.79. The van der Waals surface area contributed by atoms with Crippen LogP contribution in [-0.2, 0) is 0 Å². The molecule has 4 nitrogen and oxygen atoms in total. The first-order valence-electron chi connectivity index (χ1n) is 4.06. The molecule has 2 amide bonds. The van der Waals surface area contributed by atoms with Crippen molar-refractivity contribution < 1.29 is 4.79 Å². The zero-order valence-corrected chi connectivity index (χ0v) is 6.66. The number of nitrogens with one attached hydrogen (secondary N) is 1. The quantitative estimate of drug-likeness (QED) is 0.433. The van der Waals surface area contributed by atoms with Crippen LogP contribution in [0.15, 0.2) is 17.3 Å². The Morgan fingerprint density at radius 3 is 3.25 bits per heavy atom. The summed E-state index contributed by atoms with van der Waals surface area (Å²) in [5.74, 6) is 1.20. The number of fused-ring (bicyclic) bond motifs is 1. The van der Waals surface area contributed by atoms with Crippen molar-refractivity contribution in [3.63, 3.8) is 0 Å². The van der Waals surface area contributed by atoms with Crippen molar-refractivity contribution in [3.8, 4) is 0 Å². The maximum atomic E-state index is 10.3. The van der Waals surface area contributed by atoms with Gasteiger partial charge in [-0.3, -0.25) is 0 Å². The van der Waals surface area contributed by atoms with Gasteiger partial charge in [0.05, 0.1) is 0 Å². The number of hydrogen-bond acceptors (Lipinski definition) is 2. The SMILES string of the molecule is NC(=O)N/N=C1\CC2C=CCC12. The maximum absolute atomic E-state index is 10.3. The normalized spacial score (nSPS) is 34.5. The second-order valence-corrected chi connectivity index (χ2v) is 3.22. The fraction of sp³-hybridized carbons (Fsp3) is 0.500. The third-order valence-corrected chi connectivity index (χ3v) is 2.47. The Balaban J connectivity index is 1.92. The number of carbonyl (C=O) groups is 1. The second-order valence-electron chi connectivity index (χ2n) is 3.22. The predicted octanol–water partition coefficient (Wildman–Crippen LogP) is 0.607. The summed E-state index contributed by atoms with van der Waals surface area (Å²) in [5.41, 5.74) is 8.22. The molecule has 0 aromatic rings. The molecule has 0 aromatic heterocycles. The molecule has 0 radical (unpaired) electrons. The van der Waals surface area contributed by atoms with Gasteiger partial charge < -0.3 is 5.73 Å². The third kappa shape index (κ3) is 1.09. The first-order chi connectivity index (χ1) is 5.77. The maximum Gasteiger partial charge on any atom is 0.332 e. The molecule has 0 aromatic carbocycles. The summed E-state index contributed by atoms with van der Waals surface area (Å²) in [7, 11) is 0. The predicted molar refractivity (Wildman–Crippen MR) is 45.5 cm³/mol. The number of nitrogens with two attached hydrogens (primary N) is 1. The van der Waals surface area contributed by atoms with Crippen LogP contribution in [0.25, 0.3) is 0 Å². The molecule has 3 N–H and O–H groups in total. The van der Waals surface area contributed by atoms with Gasteiger partial charge in [-0.1, -0.05) is 12.2 Å². The van der Waals surface area contributed by atoms with Crippen LogP contribution in [0, 0.1) is 11.8 Å². The topological polar surface area (TPSA) is 67.5 Å². The summed E-state index contributed by atoms with van der Waals surface area (Å²) < 4.78 is 0. The van der Waals surface area contributed by atoms with Gasteiger partial charge in [-0.15, -0.1) is 0 Å². The summed E-state index contributed by atoms with van der Waals surface area (Å²) in [6.07, 6.45) is 6.42. The minimum absolute atomic E-state index is 0.539. The number of hydrogen-bond donors (Lipinski definition) is 2. The second kappa shape index (κ2) is 2.62. The van der Waals surface area contributed by atoms with Crippen molar-refractivity contribution in [2.24, 2.45) is 22.7 Å². The lowest BCUT2D eigenvalue weighted by Gasteiger charge is -2.31. The van der Waals surface area contributed by atoms with Crippen molar-refractivity contribution in [2.75, 3.05) is 0 Å². The van der Waals surface area contributed by atoms with Gasteiger partial charge in [0.1, 0.15) is 0 Å². The number of rotatable bonds is 1. The van der Waals surface area contributed by atoms with E-state index in [9.17, 15) is 4.79 Å². The number of amides is 2. The highest BCUT2D eigenvalue weighted by molar-refractivity contribution is 5.94. The van der Waals surface area contributed by atoms with E-state index in [2.05, 4.69) is 22.7 Å². The number of allylic oxidation sites excluding steroid dienone is 2. The van der Waals surface area contributed by atoms with E-state index in [0.717, 1.165) is 18.6 Å². The van der Waals surface area contributed by atoms with Gasteiger partial charge in [0.15, 0.2) is 0 Å². The minimum Gasteiger partial charge on any atom is -0.350 e. The lowest BCUT2D eigenvalue weighted by Crippen LogP contribution is -2.36. The van der Waals surface area contributed by atoms with Crippen LogP contribution in [0.1, 0.15) is 12.8 Å². The van der Waals surface area contributed by atoms with E-state index in [1.54, 1.807) is 0 Å². The van der Waals surface area contributed by atoms with Gasteiger partial charge >= 0.3 is 6.03 Å². The smallest absolute Gasteiger partial charge is 0.332 e. The molecule has 64 valence electrons. The minimum atomic E-state index is -0.586. The molecule has 2 atom stereocenters. The van der Waals surface area contributed by atoms with Crippen LogP contribution in [0.3, 0.4) is 0 Å². The Labute approximate surface area is 70.5 Å². The molecule has 0 bridgehead atoms. The van der Waals surface area contributed by atoms with E-state index in [1.807, 2.05) is 0 Å². The Morgan fingerprint density at radius 1 is 1.75 bits per heavy atom. The Morgan fingerprint density at radius 2 is 2.58 bits per heavy atom. The van der Waals surface area contributed by atoms with Crippen molar-refractivity contribution >= 4 is 11.7 Å². The van der Waals surface area contributed by atoms with Gasteiger partial charge in [0, 0.05) is 11.6 Å². The monoisotopic (exact) mass is 165 g/mol. The lowest BCUT2D eigenvalue weighted by molar-refractivity contribution is 0.249. The van der Waals surface area contributed by atoms with Crippen LogP contribution >= 0.6 is 0 Å². The summed E-state index contributed by atoms with van der Waals surface area (Å²) in [5, 5.41) is 3.92. The largest absolute Gasteiger partial charge is 0.350 e. The van der Waals surface area contributed by atoms with E-state index in [4.69, 9.17) is 5.73 Å². The summed E-state index contributed by atoms with van der Waals surface area (Å²) in [6, 6.07) is -0.586. The molecule has 1 fully saturated rings. The number of hydrazone groups is 1. The van der Waals surface area contributed by atoms with Gasteiger partial charge in [-0.2, -0.15) is 5.10 Å². The van der Waals surface area contributed by atoms with Crippen LogP contribution < -0.4 is 11.2 Å². The molecule has 0 aliphatic heterocycles. The van der Waals surface area contributed by atoms with E-state index in [1.165, 1.54) is 0 Å². The molecular weight excluding hydrogens is 154 g/mol. The van der Waals surface area contributed by atoms with Gasteiger partial charge in [-0.05, 0) is 18.8 Å². The Kier molecular flexibility index (Phi) is 1.60. The van der Waals surface area contributed by atoms with Crippen LogP contribution in [0.2, 0.25) is 0 Å². The van der Waals surface area contributed by atoms with Gasteiger partial charge in [0.25, 0.3) is 0 Å². The van der Waals surface area contributed by atoms with E-state index in [0.29, 0.717) is 11.8 Å². The highest BCUT2D eigenvalue weighted by Crippen LogP contribution is 2.39. The van der Waals surface area contributed by atoms with Crippen molar-refractivity contribution in [1.29, 1.82) is 0 Å². The van der Waals surface area contributed by atoms with Crippen LogP contribution in [-0.4, -0.2) is 11.7 Å². The van der Waals surface area contributed by atoms with Crippen molar-refractivity contribution in [2.45, 2.75) is 12.8 Å². The highest BCUT2D eigenvalue weighted by atomic mass is 16.2. The molecule has 4 heteroatoms. The number of primary amides is 1. The molecule has 0 saturated heterocycles. The average molecular weight is 165 g/mol. The first-order valence-corrected chi connectivity index (χ1v) is 4.06. The zero-order valence-electron chi connectivity index (χ0n) is 6.66. The fourth-order valence-corrected chi connectivity index (χ4v) is 1.79. The third-order valence-electron chi connectivity index (χ3n) is 2.47. The molecule has 12 heavy (non-hydrogen) atoms. The van der Waals surface area contributed by atoms with Crippen molar-refractivity contribution in [1.82, 2.24) is 5.43 Å². The van der Waals surface area contributed by atoms with Gasteiger partial charge in [0.2, 0.25) is 0 Å². The van der Waals surface area contributed by atoms with Gasteiger partial charge in [-0.25, -0.2) is 10.2 Å². The molecule has 2 aliphatic carbocycles. The summed E-state index contributed by atoms with van der Waals surface area (Å²) in [6.45, 7) is 0. The molecule has 0 heterocycles. The molecule has 1 saturated carbocycles. The van der Waals surface area contributed by atoms with E-state index >= 15 is 0 Å². The standard InChI is InChI=1S/C8H11N3O/c9-8(12)11-10-7-4-5-2-1-3-6(5)7/h1-2,5-6H,3-4H2,(H3,9,11,12)/b10-7+. The van der Waals surface area contributed by atoms with E-state index in [-0.39, 0.29) is 0 Å². The first kappa shape index (κ1) is 7.34. The van der Waals surface area contributed by atoms with Crippen LogP contribution in [0.5, 0.6) is 0 Å². The molecule has 2 aliphatic rings. The number of urea groups is 1. The lowest BCUT2D eigenvalue weighted by atomic mass is 9.74. The highest BCUT2D eigenvalue weighted by Gasteiger charge is 2.37. The Hall–Kier alpha value is -1.32. The average Bonchev–Trinajstić information content (AvgIpc) is 2.32. The Bertz CT molecular complexity index is 269. The molecule has 2 unspecified atom stereocenters. The van der Waals surface area contributed by atoms with Crippen LogP contribution in [0.4, 0.5) is 4.79 Å². The number of carbonyl (C=O) groups excluding carboxylic acids is 1.